The van der Waals surface area contributed by atoms with Gasteiger partial charge in [-0.25, -0.2) is 9.59 Å². The van der Waals surface area contributed by atoms with Gasteiger partial charge >= 0.3 is 11.9 Å². The zero-order valence-electron chi connectivity index (χ0n) is 26.3. The molecule has 3 rings (SSSR count). The molecule has 1 fully saturated rings. The molecule has 248 valence electrons. The van der Waals surface area contributed by atoms with Crippen molar-refractivity contribution in [1.29, 1.82) is 0 Å². The molecule has 2 aromatic carbocycles. The molecule has 0 aliphatic carbocycles. The number of carboxylic acids is 2. The summed E-state index contributed by atoms with van der Waals surface area (Å²) in [7, 11) is 0.928. The van der Waals surface area contributed by atoms with Gasteiger partial charge in [-0.2, -0.15) is 0 Å². The van der Waals surface area contributed by atoms with Gasteiger partial charge in [-0.1, -0.05) is 82.9 Å². The number of carbonyl (C=O) groups excluding carboxylic acids is 4. The molecule has 2 unspecified atom stereocenters. The Balaban J connectivity index is 1.77. The fraction of sp³-hybridized carbons (Fsp3) is 0.471. The van der Waals surface area contributed by atoms with Crippen LogP contribution in [0.3, 0.4) is 0 Å². The molecule has 0 spiro atoms. The second-order valence-electron chi connectivity index (χ2n) is 11.3. The zero-order valence-corrected chi connectivity index (χ0v) is 26.3. The number of methoxy groups -OCH3 is 1. The molecule has 0 saturated carbocycles. The van der Waals surface area contributed by atoms with Crippen LogP contribution < -0.4 is 10.1 Å². The van der Waals surface area contributed by atoms with Crippen LogP contribution in [-0.4, -0.2) is 75.9 Å². The lowest BCUT2D eigenvalue weighted by Crippen LogP contribution is -2.56. The molecule has 46 heavy (non-hydrogen) atoms. The Morgan fingerprint density at radius 2 is 1.50 bits per heavy atom. The van der Waals surface area contributed by atoms with Gasteiger partial charge in [-0.3, -0.25) is 24.1 Å². The molecule has 12 heteroatoms. The van der Waals surface area contributed by atoms with E-state index in [1.165, 1.54) is 62.8 Å². The van der Waals surface area contributed by atoms with Gasteiger partial charge in [0.1, 0.15) is 11.3 Å². The van der Waals surface area contributed by atoms with Gasteiger partial charge in [-0.05, 0) is 36.8 Å². The Kier molecular flexibility index (Phi) is 13.4. The molecule has 1 saturated heterocycles. The highest BCUT2D eigenvalue weighted by molar-refractivity contribution is 6.26. The number of amides is 3. The van der Waals surface area contributed by atoms with E-state index in [2.05, 4.69) is 12.2 Å². The van der Waals surface area contributed by atoms with Gasteiger partial charge in [0.25, 0.3) is 17.4 Å². The first-order chi connectivity index (χ1) is 22.1. The van der Waals surface area contributed by atoms with E-state index in [1.807, 2.05) is 0 Å². The molecule has 2 atom stereocenters. The highest BCUT2D eigenvalue weighted by Gasteiger charge is 2.61. The molecular formula is C34H42N2O10. The van der Waals surface area contributed by atoms with E-state index in [9.17, 15) is 39.0 Å². The van der Waals surface area contributed by atoms with Gasteiger partial charge in [0.05, 0.1) is 13.0 Å². The van der Waals surface area contributed by atoms with Crippen LogP contribution in [-0.2, 0) is 23.9 Å². The Morgan fingerprint density at radius 1 is 0.891 bits per heavy atom. The molecule has 1 aliphatic heterocycles. The number of hydrogen-bond acceptors (Lipinski definition) is 8. The fourth-order valence-corrected chi connectivity index (χ4v) is 5.35. The SMILES string of the molecule is CCCCCCCCCCCCOc1ccc(C(=O)C(C(=O)Nc2ccccc2)N2C(=O)CC(OC)(C(=O)O)C2=O)cc1C(=O)O. The predicted octanol–water partition coefficient (Wildman–Crippen LogP) is 5.10. The summed E-state index contributed by atoms with van der Waals surface area (Å²) in [5.74, 6) is -7.86. The summed E-state index contributed by atoms with van der Waals surface area (Å²) in [6.07, 6.45) is 10.3. The Hall–Kier alpha value is -4.58. The fourth-order valence-electron chi connectivity index (χ4n) is 5.35. The number of aliphatic carboxylic acids is 1. The van der Waals surface area contributed by atoms with Crippen LogP contribution in [0.15, 0.2) is 48.5 Å². The molecule has 3 amide bonds. The van der Waals surface area contributed by atoms with Crippen molar-refractivity contribution in [1.82, 2.24) is 4.90 Å². The summed E-state index contributed by atoms with van der Waals surface area (Å²) in [4.78, 5) is 78.0. The van der Waals surface area contributed by atoms with Crippen molar-refractivity contribution in [2.75, 3.05) is 19.0 Å². The minimum atomic E-state index is -2.62. The van der Waals surface area contributed by atoms with E-state index in [0.29, 0.717) is 6.42 Å². The number of Topliss-reactive ketones (excluding diaryl/α,β-unsaturated/α-hetero) is 1. The first-order valence-corrected chi connectivity index (χ1v) is 15.6. The van der Waals surface area contributed by atoms with E-state index < -0.39 is 53.5 Å². The topological polar surface area (TPSA) is 177 Å². The Morgan fingerprint density at radius 3 is 2.04 bits per heavy atom. The third kappa shape index (κ3) is 8.78. The van der Waals surface area contributed by atoms with Crippen LogP contribution in [0.25, 0.3) is 0 Å². The minimum absolute atomic E-state index is 0.0165. The van der Waals surface area contributed by atoms with Crippen molar-refractivity contribution in [3.63, 3.8) is 0 Å². The molecular weight excluding hydrogens is 596 g/mol. The van der Waals surface area contributed by atoms with Gasteiger partial charge < -0.3 is 25.0 Å². The number of imide groups is 1. The minimum Gasteiger partial charge on any atom is -0.493 e. The van der Waals surface area contributed by atoms with Crippen molar-refractivity contribution in [2.24, 2.45) is 0 Å². The molecule has 3 N–H and O–H groups in total. The standard InChI is InChI=1S/C34H42N2O10/c1-3-4-5-6-7-8-9-10-11-15-20-46-26-19-18-23(21-25(26)31(40)41)29(38)28(30(39)35-24-16-13-12-14-17-24)36-27(37)22-34(45-2,32(36)42)33(43)44/h12-14,16-19,21,28H,3-11,15,20,22H2,1-2H3,(H,35,39)(H,40,41)(H,43,44). The first kappa shape index (κ1) is 35.9. The third-order valence-corrected chi connectivity index (χ3v) is 7.97. The van der Waals surface area contributed by atoms with Crippen molar-refractivity contribution < 1.29 is 48.5 Å². The smallest absolute Gasteiger partial charge is 0.346 e. The lowest BCUT2D eigenvalue weighted by molar-refractivity contribution is -0.170. The summed E-state index contributed by atoms with van der Waals surface area (Å²) in [5, 5.41) is 22.0. The van der Waals surface area contributed by atoms with Crippen LogP contribution in [0.4, 0.5) is 5.69 Å². The van der Waals surface area contributed by atoms with Crippen LogP contribution in [0.5, 0.6) is 5.75 Å². The predicted molar refractivity (Wildman–Crippen MR) is 168 cm³/mol. The van der Waals surface area contributed by atoms with Crippen LogP contribution in [0.1, 0.15) is 98.3 Å². The molecule has 12 nitrogen and oxygen atoms in total. The summed E-state index contributed by atoms with van der Waals surface area (Å²) < 4.78 is 10.6. The highest BCUT2D eigenvalue weighted by atomic mass is 16.5. The average molecular weight is 639 g/mol. The number of unbranched alkanes of at least 4 members (excludes halogenated alkanes) is 9. The van der Waals surface area contributed by atoms with E-state index in [-0.39, 0.29) is 34.1 Å². The molecule has 0 radical (unpaired) electrons. The second-order valence-corrected chi connectivity index (χ2v) is 11.3. The van der Waals surface area contributed by atoms with E-state index in [1.54, 1.807) is 18.2 Å². The number of ketones is 1. The lowest BCUT2D eigenvalue weighted by Gasteiger charge is -2.26. The third-order valence-electron chi connectivity index (χ3n) is 7.97. The van der Waals surface area contributed by atoms with Crippen molar-refractivity contribution in [3.8, 4) is 5.75 Å². The molecule has 1 aliphatic rings. The monoisotopic (exact) mass is 638 g/mol. The molecule has 1 heterocycles. The number of carboxylic acid groups (broad SMARTS) is 2. The Labute approximate surface area is 268 Å². The number of nitrogens with one attached hydrogen (secondary N) is 1. The number of ether oxygens (including phenoxy) is 2. The number of aromatic carboxylic acids is 1. The number of para-hydroxylation sites is 1. The van der Waals surface area contributed by atoms with Gasteiger partial charge in [0.15, 0.2) is 11.8 Å². The normalized spacial score (nSPS) is 16.7. The number of nitrogens with zero attached hydrogens (tertiary/aromatic N) is 1. The lowest BCUT2D eigenvalue weighted by atomic mass is 9.98. The molecule has 0 aromatic heterocycles. The summed E-state index contributed by atoms with van der Waals surface area (Å²) in [6, 6.07) is 9.27. The largest absolute Gasteiger partial charge is 0.493 e. The average Bonchev–Trinajstić information content (AvgIpc) is 3.30. The number of carbonyl (C=O) groups is 6. The van der Waals surface area contributed by atoms with Gasteiger partial charge in [0, 0.05) is 18.4 Å². The molecule has 0 bridgehead atoms. The van der Waals surface area contributed by atoms with Crippen molar-refractivity contribution in [2.45, 2.75) is 89.2 Å². The Bertz CT molecular complexity index is 1410. The van der Waals surface area contributed by atoms with Crippen molar-refractivity contribution in [3.05, 3.63) is 59.7 Å². The van der Waals surface area contributed by atoms with Crippen molar-refractivity contribution >= 4 is 41.1 Å². The summed E-state index contributed by atoms with van der Waals surface area (Å²) in [6.45, 7) is 2.45. The maximum Gasteiger partial charge on any atom is 0.346 e. The van der Waals surface area contributed by atoms with Crippen LogP contribution in [0.2, 0.25) is 0 Å². The van der Waals surface area contributed by atoms with E-state index in [4.69, 9.17) is 9.47 Å². The van der Waals surface area contributed by atoms with Crippen LogP contribution in [0, 0.1) is 0 Å². The van der Waals surface area contributed by atoms with E-state index in [0.717, 1.165) is 32.4 Å². The summed E-state index contributed by atoms with van der Waals surface area (Å²) >= 11 is 0. The highest BCUT2D eigenvalue weighted by Crippen LogP contribution is 2.32. The number of anilines is 1. The maximum atomic E-state index is 13.8. The molecule has 2 aromatic rings. The maximum absolute atomic E-state index is 13.8. The summed E-state index contributed by atoms with van der Waals surface area (Å²) in [5.41, 5.74) is -3.04. The number of rotatable bonds is 20. The van der Waals surface area contributed by atoms with E-state index >= 15 is 0 Å². The number of likely N-dealkylation sites (tertiary alicyclic amines) is 1. The van der Waals surface area contributed by atoms with Gasteiger partial charge in [0.2, 0.25) is 5.91 Å². The van der Waals surface area contributed by atoms with Crippen LogP contribution >= 0.6 is 0 Å². The first-order valence-electron chi connectivity index (χ1n) is 15.6. The number of benzene rings is 2. The van der Waals surface area contributed by atoms with Gasteiger partial charge in [-0.15, -0.1) is 0 Å². The zero-order chi connectivity index (χ0) is 33.7. The number of hydrogen-bond donors (Lipinski definition) is 3. The second kappa shape index (κ2) is 17.2. The quantitative estimate of drug-likeness (QED) is 0.0765.